The van der Waals surface area contributed by atoms with Crippen LogP contribution in [0.25, 0.3) is 11.3 Å². The largest absolute Gasteiger partial charge is 0.496 e. The van der Waals surface area contributed by atoms with Crippen molar-refractivity contribution < 1.29 is 9.53 Å². The molecule has 2 rings (SSSR count). The van der Waals surface area contributed by atoms with Crippen molar-refractivity contribution in [1.82, 2.24) is 9.78 Å². The van der Waals surface area contributed by atoms with Gasteiger partial charge in [-0.3, -0.25) is 9.48 Å². The minimum absolute atomic E-state index is 0.365. The Morgan fingerprint density at radius 3 is 2.58 bits per heavy atom. The van der Waals surface area contributed by atoms with E-state index in [4.69, 9.17) is 4.74 Å². The Labute approximate surface area is 113 Å². The second kappa shape index (κ2) is 5.26. The van der Waals surface area contributed by atoms with Crippen LogP contribution in [0.4, 0.5) is 0 Å². The normalized spacial score (nSPS) is 10.8. The van der Waals surface area contributed by atoms with Gasteiger partial charge in [-0.15, -0.1) is 0 Å². The zero-order valence-corrected chi connectivity index (χ0v) is 11.7. The molecule has 1 aromatic heterocycles. The summed E-state index contributed by atoms with van der Waals surface area (Å²) >= 11 is 0. The zero-order chi connectivity index (χ0) is 14.0. The van der Waals surface area contributed by atoms with Gasteiger partial charge in [0.15, 0.2) is 6.29 Å². The average Bonchev–Trinajstić information content (AvgIpc) is 2.79. The number of hydrogen-bond acceptors (Lipinski definition) is 3. The van der Waals surface area contributed by atoms with Crippen LogP contribution in [-0.4, -0.2) is 23.2 Å². The summed E-state index contributed by atoms with van der Waals surface area (Å²) in [6.45, 7) is 4.24. The smallest absolute Gasteiger partial charge is 0.168 e. The molecule has 0 aliphatic carbocycles. The van der Waals surface area contributed by atoms with Crippen molar-refractivity contribution in [3.05, 3.63) is 35.5 Å². The molecular formula is C15H18N2O2. The standard InChI is InChI=1S/C15H18N2O2/c1-10(2)13-7-11(5-6-15(13)19-4)14-8-12(9-18)17(3)16-14/h5-10H,1-4H3. The van der Waals surface area contributed by atoms with Crippen LogP contribution < -0.4 is 4.74 Å². The molecule has 0 aliphatic heterocycles. The number of aldehydes is 1. The van der Waals surface area contributed by atoms with Gasteiger partial charge in [0.1, 0.15) is 11.4 Å². The number of hydrogen-bond donors (Lipinski definition) is 0. The summed E-state index contributed by atoms with van der Waals surface area (Å²) in [5.41, 5.74) is 3.50. The van der Waals surface area contributed by atoms with Crippen LogP contribution in [0.2, 0.25) is 0 Å². The molecule has 0 saturated carbocycles. The molecule has 0 atom stereocenters. The molecule has 0 amide bonds. The lowest BCUT2D eigenvalue weighted by Gasteiger charge is -2.12. The summed E-state index contributed by atoms with van der Waals surface area (Å²) in [7, 11) is 3.44. The van der Waals surface area contributed by atoms with E-state index in [0.29, 0.717) is 11.6 Å². The van der Waals surface area contributed by atoms with Gasteiger partial charge in [-0.2, -0.15) is 5.10 Å². The highest BCUT2D eigenvalue weighted by Gasteiger charge is 2.12. The molecule has 0 saturated heterocycles. The van der Waals surface area contributed by atoms with Crippen molar-refractivity contribution in [3.63, 3.8) is 0 Å². The van der Waals surface area contributed by atoms with E-state index in [-0.39, 0.29) is 0 Å². The van der Waals surface area contributed by atoms with E-state index in [1.54, 1.807) is 24.9 Å². The van der Waals surface area contributed by atoms with Gasteiger partial charge >= 0.3 is 0 Å². The predicted molar refractivity (Wildman–Crippen MR) is 74.7 cm³/mol. The van der Waals surface area contributed by atoms with E-state index in [0.717, 1.165) is 28.9 Å². The topological polar surface area (TPSA) is 44.1 Å². The first kappa shape index (κ1) is 13.3. The number of benzene rings is 1. The minimum Gasteiger partial charge on any atom is -0.496 e. The third kappa shape index (κ3) is 2.52. The summed E-state index contributed by atoms with van der Waals surface area (Å²) < 4.78 is 6.95. The number of ether oxygens (including phenoxy) is 1. The molecule has 0 fully saturated rings. The van der Waals surface area contributed by atoms with E-state index >= 15 is 0 Å². The van der Waals surface area contributed by atoms with Crippen molar-refractivity contribution in [2.45, 2.75) is 19.8 Å². The van der Waals surface area contributed by atoms with E-state index in [1.807, 2.05) is 12.1 Å². The average molecular weight is 258 g/mol. The van der Waals surface area contributed by atoms with Gasteiger partial charge in [-0.1, -0.05) is 13.8 Å². The van der Waals surface area contributed by atoms with Crippen molar-refractivity contribution in [2.75, 3.05) is 7.11 Å². The van der Waals surface area contributed by atoms with E-state index in [9.17, 15) is 4.79 Å². The molecule has 0 N–H and O–H groups in total. The molecule has 1 heterocycles. The predicted octanol–water partition coefficient (Wildman–Crippen LogP) is 3.03. The summed E-state index contributed by atoms with van der Waals surface area (Å²) in [6.07, 6.45) is 0.809. The van der Waals surface area contributed by atoms with Crippen molar-refractivity contribution >= 4 is 6.29 Å². The Morgan fingerprint density at radius 1 is 1.32 bits per heavy atom. The second-order valence-electron chi connectivity index (χ2n) is 4.81. The molecule has 0 radical (unpaired) electrons. The second-order valence-corrected chi connectivity index (χ2v) is 4.81. The molecule has 19 heavy (non-hydrogen) atoms. The van der Waals surface area contributed by atoms with E-state index in [1.165, 1.54) is 0 Å². The molecular weight excluding hydrogens is 240 g/mol. The maximum atomic E-state index is 10.9. The lowest BCUT2D eigenvalue weighted by Crippen LogP contribution is -1.96. The van der Waals surface area contributed by atoms with Gasteiger partial charge in [0, 0.05) is 12.6 Å². The fraction of sp³-hybridized carbons (Fsp3) is 0.333. The van der Waals surface area contributed by atoms with Crippen molar-refractivity contribution in [1.29, 1.82) is 0 Å². The molecule has 0 bridgehead atoms. The molecule has 100 valence electrons. The molecule has 2 aromatic rings. The van der Waals surface area contributed by atoms with Crippen LogP contribution in [0, 0.1) is 0 Å². The van der Waals surface area contributed by atoms with Gasteiger partial charge < -0.3 is 4.74 Å². The Balaban J connectivity index is 2.50. The van der Waals surface area contributed by atoms with Crippen LogP contribution in [-0.2, 0) is 7.05 Å². The van der Waals surface area contributed by atoms with Crippen LogP contribution in [0.5, 0.6) is 5.75 Å². The van der Waals surface area contributed by atoms with E-state index in [2.05, 4.69) is 25.0 Å². The van der Waals surface area contributed by atoms with Gasteiger partial charge in [0.05, 0.1) is 12.8 Å². The third-order valence-electron chi connectivity index (χ3n) is 3.18. The first-order valence-corrected chi connectivity index (χ1v) is 6.24. The maximum Gasteiger partial charge on any atom is 0.168 e. The number of aromatic nitrogens is 2. The Hall–Kier alpha value is -2.10. The number of carbonyl (C=O) groups is 1. The van der Waals surface area contributed by atoms with Crippen LogP contribution in [0.3, 0.4) is 0 Å². The molecule has 4 heteroatoms. The third-order valence-corrected chi connectivity index (χ3v) is 3.18. The molecule has 0 aliphatic rings. The quantitative estimate of drug-likeness (QED) is 0.792. The Bertz CT molecular complexity index is 600. The fourth-order valence-electron chi connectivity index (χ4n) is 2.08. The highest BCUT2D eigenvalue weighted by Crippen LogP contribution is 2.31. The van der Waals surface area contributed by atoms with Gasteiger partial charge in [0.25, 0.3) is 0 Å². The lowest BCUT2D eigenvalue weighted by molar-refractivity contribution is 0.111. The SMILES string of the molecule is COc1ccc(-c2cc(C=O)n(C)n2)cc1C(C)C. The Kier molecular flexibility index (Phi) is 3.69. The van der Waals surface area contributed by atoms with Crippen LogP contribution in [0.1, 0.15) is 35.8 Å². The number of aryl methyl sites for hydroxylation is 1. The number of nitrogens with zero attached hydrogens (tertiary/aromatic N) is 2. The molecule has 1 aromatic carbocycles. The van der Waals surface area contributed by atoms with Gasteiger partial charge in [-0.05, 0) is 35.7 Å². The van der Waals surface area contributed by atoms with Crippen LogP contribution >= 0.6 is 0 Å². The highest BCUT2D eigenvalue weighted by atomic mass is 16.5. The van der Waals surface area contributed by atoms with E-state index < -0.39 is 0 Å². The molecule has 4 nitrogen and oxygen atoms in total. The summed E-state index contributed by atoms with van der Waals surface area (Å²) in [5, 5.41) is 4.35. The first-order chi connectivity index (χ1) is 9.06. The zero-order valence-electron chi connectivity index (χ0n) is 11.7. The first-order valence-electron chi connectivity index (χ1n) is 6.24. The highest BCUT2D eigenvalue weighted by molar-refractivity contribution is 5.76. The van der Waals surface area contributed by atoms with Gasteiger partial charge in [0.2, 0.25) is 0 Å². The van der Waals surface area contributed by atoms with Crippen LogP contribution in [0.15, 0.2) is 24.3 Å². The lowest BCUT2D eigenvalue weighted by atomic mass is 9.98. The summed E-state index contributed by atoms with van der Waals surface area (Å²) in [4.78, 5) is 10.9. The monoisotopic (exact) mass is 258 g/mol. The fourth-order valence-corrected chi connectivity index (χ4v) is 2.08. The number of carbonyl (C=O) groups excluding carboxylic acids is 1. The number of rotatable bonds is 4. The van der Waals surface area contributed by atoms with Crippen molar-refractivity contribution in [2.24, 2.45) is 7.05 Å². The summed E-state index contributed by atoms with van der Waals surface area (Å²) in [5.74, 6) is 1.24. The maximum absolute atomic E-state index is 10.9. The van der Waals surface area contributed by atoms with Gasteiger partial charge in [-0.25, -0.2) is 0 Å². The Morgan fingerprint density at radius 2 is 2.05 bits per heavy atom. The van der Waals surface area contributed by atoms with Crippen molar-refractivity contribution in [3.8, 4) is 17.0 Å². The number of methoxy groups -OCH3 is 1. The molecule has 0 unspecified atom stereocenters. The summed E-state index contributed by atoms with van der Waals surface area (Å²) in [6, 6.07) is 7.76. The minimum atomic E-state index is 0.365. The molecule has 0 spiro atoms.